The van der Waals surface area contributed by atoms with Crippen LogP contribution in [-0.2, 0) is 11.3 Å². The molecule has 0 aromatic heterocycles. The van der Waals surface area contributed by atoms with Gasteiger partial charge in [-0.25, -0.2) is 0 Å². The normalized spacial score (nSPS) is 25.9. The maximum atomic E-state index is 10.4. The number of likely N-dealkylation sites (tertiary alicyclic amines) is 1. The Kier molecular flexibility index (Phi) is 6.45. The Morgan fingerprint density at radius 1 is 1.12 bits per heavy atom. The average Bonchev–Trinajstić information content (AvgIpc) is 2.98. The molecule has 2 aliphatic rings. The van der Waals surface area contributed by atoms with Gasteiger partial charge in [0.2, 0.25) is 0 Å². The van der Waals surface area contributed by atoms with Gasteiger partial charge in [-0.2, -0.15) is 0 Å². The number of ether oxygens (including phenoxy) is 2. The van der Waals surface area contributed by atoms with Crippen LogP contribution in [0.25, 0.3) is 0 Å². The van der Waals surface area contributed by atoms with Crippen LogP contribution in [0.1, 0.15) is 12.0 Å². The number of nitrogens with zero attached hydrogens (tertiary/aromatic N) is 2. The van der Waals surface area contributed by atoms with Crippen molar-refractivity contribution in [2.75, 3.05) is 52.6 Å². The SMILES string of the molecule is OCCCOc1ccc(CN2C[C@H](O)[C@@H](N3CCOCC3)C2)cc1. The Hall–Kier alpha value is -1.18. The first-order chi connectivity index (χ1) is 11.8. The highest BCUT2D eigenvalue weighted by Gasteiger charge is 2.35. The second kappa shape index (κ2) is 8.78. The number of hydrogen-bond acceptors (Lipinski definition) is 6. The lowest BCUT2D eigenvalue weighted by Crippen LogP contribution is -2.48. The summed E-state index contributed by atoms with van der Waals surface area (Å²) < 4.78 is 11.0. The highest BCUT2D eigenvalue weighted by Crippen LogP contribution is 2.21. The molecule has 0 saturated carbocycles. The fraction of sp³-hybridized carbons (Fsp3) is 0.667. The van der Waals surface area contributed by atoms with Gasteiger partial charge in [0.25, 0.3) is 0 Å². The summed E-state index contributed by atoms with van der Waals surface area (Å²) in [5.41, 5.74) is 1.22. The molecular formula is C18H28N2O4. The lowest BCUT2D eigenvalue weighted by Gasteiger charge is -2.33. The molecule has 0 aliphatic carbocycles. The lowest BCUT2D eigenvalue weighted by molar-refractivity contribution is -0.00618. The molecule has 2 heterocycles. The van der Waals surface area contributed by atoms with E-state index in [9.17, 15) is 5.11 Å². The maximum absolute atomic E-state index is 10.4. The number of aliphatic hydroxyl groups is 2. The minimum atomic E-state index is -0.288. The molecule has 1 aromatic carbocycles. The minimum absolute atomic E-state index is 0.152. The van der Waals surface area contributed by atoms with E-state index in [4.69, 9.17) is 14.6 Å². The predicted molar refractivity (Wildman–Crippen MR) is 91.1 cm³/mol. The van der Waals surface area contributed by atoms with Crippen LogP contribution in [0, 0.1) is 0 Å². The Bertz CT molecular complexity index is 490. The van der Waals surface area contributed by atoms with Crippen LogP contribution in [0.2, 0.25) is 0 Å². The number of benzene rings is 1. The van der Waals surface area contributed by atoms with Gasteiger partial charge in [-0.1, -0.05) is 12.1 Å². The van der Waals surface area contributed by atoms with E-state index in [1.54, 1.807) is 0 Å². The molecule has 2 N–H and O–H groups in total. The highest BCUT2D eigenvalue weighted by molar-refractivity contribution is 5.27. The van der Waals surface area contributed by atoms with Crippen molar-refractivity contribution in [3.05, 3.63) is 29.8 Å². The van der Waals surface area contributed by atoms with Crippen molar-refractivity contribution in [1.82, 2.24) is 9.80 Å². The third-order valence-corrected chi connectivity index (χ3v) is 4.75. The van der Waals surface area contributed by atoms with E-state index < -0.39 is 0 Å². The van der Waals surface area contributed by atoms with Gasteiger partial charge < -0.3 is 19.7 Å². The van der Waals surface area contributed by atoms with Crippen molar-refractivity contribution in [3.8, 4) is 5.75 Å². The fourth-order valence-electron chi connectivity index (χ4n) is 3.45. The largest absolute Gasteiger partial charge is 0.494 e. The molecule has 1 aromatic rings. The first-order valence-corrected chi connectivity index (χ1v) is 8.81. The average molecular weight is 336 g/mol. The van der Waals surface area contributed by atoms with Gasteiger partial charge in [-0.3, -0.25) is 9.80 Å². The molecular weight excluding hydrogens is 308 g/mol. The quantitative estimate of drug-likeness (QED) is 0.700. The molecule has 0 unspecified atom stereocenters. The van der Waals surface area contributed by atoms with Crippen molar-refractivity contribution in [3.63, 3.8) is 0 Å². The molecule has 24 heavy (non-hydrogen) atoms. The van der Waals surface area contributed by atoms with Crippen molar-refractivity contribution in [2.24, 2.45) is 0 Å². The third-order valence-electron chi connectivity index (χ3n) is 4.75. The molecule has 2 aliphatic heterocycles. The summed E-state index contributed by atoms with van der Waals surface area (Å²) in [6.07, 6.45) is 0.361. The highest BCUT2D eigenvalue weighted by atomic mass is 16.5. The number of rotatable bonds is 7. The molecule has 2 fully saturated rings. The van der Waals surface area contributed by atoms with E-state index in [0.29, 0.717) is 13.0 Å². The molecule has 134 valence electrons. The summed E-state index contributed by atoms with van der Waals surface area (Å²) in [6.45, 7) is 6.50. The van der Waals surface area contributed by atoms with Gasteiger partial charge in [-0.15, -0.1) is 0 Å². The van der Waals surface area contributed by atoms with Crippen LogP contribution in [0.5, 0.6) is 5.75 Å². The Morgan fingerprint density at radius 2 is 1.88 bits per heavy atom. The molecule has 2 saturated heterocycles. The summed E-state index contributed by atoms with van der Waals surface area (Å²) in [5, 5.41) is 19.2. The van der Waals surface area contributed by atoms with Crippen LogP contribution in [0.4, 0.5) is 0 Å². The van der Waals surface area contributed by atoms with Gasteiger partial charge in [0.05, 0.1) is 25.9 Å². The Morgan fingerprint density at radius 3 is 2.58 bits per heavy atom. The first-order valence-electron chi connectivity index (χ1n) is 8.81. The van der Waals surface area contributed by atoms with Crippen molar-refractivity contribution in [1.29, 1.82) is 0 Å². The summed E-state index contributed by atoms with van der Waals surface area (Å²) >= 11 is 0. The number of aliphatic hydroxyl groups excluding tert-OH is 2. The standard InChI is InChI=1S/C18H28N2O4/c21-8-1-9-24-16-4-2-15(3-5-16)12-19-13-17(18(22)14-19)20-6-10-23-11-7-20/h2-5,17-18,21-22H,1,6-14H2/t17-,18-/m0/s1. The minimum Gasteiger partial charge on any atom is -0.494 e. The number of β-amino-alcohol motifs (C(OH)–C–C–N with tert-alkyl or cyclic N) is 1. The zero-order chi connectivity index (χ0) is 16.8. The van der Waals surface area contributed by atoms with E-state index in [1.165, 1.54) is 5.56 Å². The molecule has 2 atom stereocenters. The van der Waals surface area contributed by atoms with E-state index in [1.807, 2.05) is 12.1 Å². The molecule has 6 nitrogen and oxygen atoms in total. The van der Waals surface area contributed by atoms with Gasteiger partial charge in [0.15, 0.2) is 0 Å². The number of hydrogen-bond donors (Lipinski definition) is 2. The van der Waals surface area contributed by atoms with Gasteiger partial charge in [0.1, 0.15) is 5.75 Å². The predicted octanol–water partition coefficient (Wildman–Crippen LogP) is 0.325. The number of morpholine rings is 1. The smallest absolute Gasteiger partial charge is 0.119 e. The van der Waals surface area contributed by atoms with Crippen LogP contribution >= 0.6 is 0 Å². The molecule has 3 rings (SSSR count). The Labute approximate surface area is 143 Å². The van der Waals surface area contributed by atoms with Crippen LogP contribution in [-0.4, -0.2) is 84.8 Å². The molecule has 0 radical (unpaired) electrons. The van der Waals surface area contributed by atoms with Gasteiger partial charge in [0, 0.05) is 51.8 Å². The second-order valence-corrected chi connectivity index (χ2v) is 6.55. The summed E-state index contributed by atoms with van der Waals surface area (Å²) in [6, 6.07) is 8.30. The van der Waals surface area contributed by atoms with Crippen LogP contribution in [0.3, 0.4) is 0 Å². The van der Waals surface area contributed by atoms with E-state index in [0.717, 1.165) is 51.7 Å². The second-order valence-electron chi connectivity index (χ2n) is 6.55. The van der Waals surface area contributed by atoms with Crippen LogP contribution < -0.4 is 4.74 Å². The summed E-state index contributed by atoms with van der Waals surface area (Å²) in [5.74, 6) is 0.833. The monoisotopic (exact) mass is 336 g/mol. The van der Waals surface area contributed by atoms with Gasteiger partial charge in [-0.05, 0) is 17.7 Å². The molecule has 6 heteroatoms. The zero-order valence-corrected chi connectivity index (χ0v) is 14.1. The third kappa shape index (κ3) is 4.68. The maximum Gasteiger partial charge on any atom is 0.119 e. The first kappa shape index (κ1) is 17.6. The summed E-state index contributed by atoms with van der Waals surface area (Å²) in [7, 11) is 0. The van der Waals surface area contributed by atoms with Crippen LogP contribution in [0.15, 0.2) is 24.3 Å². The Balaban J connectivity index is 1.49. The van der Waals surface area contributed by atoms with E-state index >= 15 is 0 Å². The zero-order valence-electron chi connectivity index (χ0n) is 14.1. The van der Waals surface area contributed by atoms with E-state index in [-0.39, 0.29) is 18.8 Å². The topological polar surface area (TPSA) is 65.4 Å². The molecule has 0 bridgehead atoms. The van der Waals surface area contributed by atoms with Crippen molar-refractivity contribution >= 4 is 0 Å². The lowest BCUT2D eigenvalue weighted by atomic mass is 10.1. The van der Waals surface area contributed by atoms with Gasteiger partial charge >= 0.3 is 0 Å². The fourth-order valence-corrected chi connectivity index (χ4v) is 3.45. The van der Waals surface area contributed by atoms with Crippen molar-refractivity contribution in [2.45, 2.75) is 25.1 Å². The molecule has 0 spiro atoms. The van der Waals surface area contributed by atoms with Crippen molar-refractivity contribution < 1.29 is 19.7 Å². The summed E-state index contributed by atoms with van der Waals surface area (Å²) in [4.78, 5) is 4.67. The van der Waals surface area contributed by atoms with E-state index in [2.05, 4.69) is 21.9 Å². The molecule has 0 amide bonds.